The lowest BCUT2D eigenvalue weighted by molar-refractivity contribution is -0.116. The van der Waals surface area contributed by atoms with Crippen molar-refractivity contribution >= 4 is 21.6 Å². The van der Waals surface area contributed by atoms with Gasteiger partial charge >= 0.3 is 0 Å². The lowest BCUT2D eigenvalue weighted by Crippen LogP contribution is -2.28. The predicted molar refractivity (Wildman–Crippen MR) is 120 cm³/mol. The first-order valence-corrected chi connectivity index (χ1v) is 11.9. The third-order valence-electron chi connectivity index (χ3n) is 5.29. The maximum absolute atomic E-state index is 12.5. The summed E-state index contributed by atoms with van der Waals surface area (Å²) in [7, 11) is -3.67. The summed E-state index contributed by atoms with van der Waals surface area (Å²) >= 11 is 0. The van der Waals surface area contributed by atoms with Crippen LogP contribution in [-0.2, 0) is 19.6 Å². The number of nitrogens with one attached hydrogen (secondary N) is 2. The summed E-state index contributed by atoms with van der Waals surface area (Å²) in [6, 6.07) is 10.5. The van der Waals surface area contributed by atoms with Crippen molar-refractivity contribution in [3.63, 3.8) is 0 Å². The van der Waals surface area contributed by atoms with E-state index in [4.69, 9.17) is 9.47 Å². The van der Waals surface area contributed by atoms with Crippen molar-refractivity contribution in [2.24, 2.45) is 0 Å². The van der Waals surface area contributed by atoms with Gasteiger partial charge < -0.3 is 14.8 Å². The fourth-order valence-corrected chi connectivity index (χ4v) is 4.40. The Balaban J connectivity index is 1.54. The van der Waals surface area contributed by atoms with Crippen LogP contribution in [0.15, 0.2) is 41.3 Å². The molecule has 1 saturated heterocycles. The number of carbonyl (C=O) groups excluding carboxylic acids is 1. The van der Waals surface area contributed by atoms with Crippen molar-refractivity contribution in [1.82, 2.24) is 4.72 Å². The van der Waals surface area contributed by atoms with E-state index in [0.29, 0.717) is 18.0 Å². The molecular weight excluding hydrogens is 416 g/mol. The van der Waals surface area contributed by atoms with Crippen LogP contribution in [0.5, 0.6) is 5.75 Å². The average molecular weight is 447 g/mol. The van der Waals surface area contributed by atoms with Crippen LogP contribution < -0.4 is 14.8 Å². The maximum Gasteiger partial charge on any atom is 0.240 e. The Morgan fingerprint density at radius 1 is 1.13 bits per heavy atom. The number of anilines is 1. The number of ether oxygens (including phenoxy) is 2. The monoisotopic (exact) mass is 446 g/mol. The molecule has 1 unspecified atom stereocenters. The Hall–Kier alpha value is -2.42. The van der Waals surface area contributed by atoms with Gasteiger partial charge in [-0.3, -0.25) is 4.79 Å². The van der Waals surface area contributed by atoms with E-state index in [1.165, 1.54) is 0 Å². The molecular formula is C23H30N2O5S. The summed E-state index contributed by atoms with van der Waals surface area (Å²) in [6.45, 7) is 6.92. The molecule has 1 fully saturated rings. The molecule has 8 heteroatoms. The first-order chi connectivity index (χ1) is 14.7. The molecule has 0 spiro atoms. The van der Waals surface area contributed by atoms with Crippen LogP contribution in [0.3, 0.4) is 0 Å². The van der Waals surface area contributed by atoms with E-state index in [1.54, 1.807) is 24.3 Å². The SMILES string of the molecule is Cc1ccc(NC(=O)CCNS(=O)(=O)c2ccc(C)c(C)c2)c(OCC2CCCO2)c1. The van der Waals surface area contributed by atoms with Crippen LogP contribution in [0.1, 0.15) is 36.0 Å². The Morgan fingerprint density at radius 3 is 2.65 bits per heavy atom. The minimum atomic E-state index is -3.67. The van der Waals surface area contributed by atoms with E-state index in [-0.39, 0.29) is 29.9 Å². The number of aryl methyl sites for hydroxylation is 3. The smallest absolute Gasteiger partial charge is 0.240 e. The first-order valence-electron chi connectivity index (χ1n) is 10.5. The second-order valence-corrected chi connectivity index (χ2v) is 9.65. The van der Waals surface area contributed by atoms with E-state index >= 15 is 0 Å². The van der Waals surface area contributed by atoms with E-state index in [2.05, 4.69) is 10.0 Å². The van der Waals surface area contributed by atoms with Gasteiger partial charge in [0.2, 0.25) is 15.9 Å². The molecule has 2 aromatic carbocycles. The van der Waals surface area contributed by atoms with Crippen molar-refractivity contribution in [3.05, 3.63) is 53.1 Å². The van der Waals surface area contributed by atoms with Crippen LogP contribution in [0, 0.1) is 20.8 Å². The largest absolute Gasteiger partial charge is 0.489 e. The Bertz CT molecular complexity index is 1030. The third kappa shape index (κ3) is 6.53. The van der Waals surface area contributed by atoms with Gasteiger partial charge in [0.1, 0.15) is 12.4 Å². The van der Waals surface area contributed by atoms with Crippen molar-refractivity contribution < 1.29 is 22.7 Å². The zero-order chi connectivity index (χ0) is 22.4. The van der Waals surface area contributed by atoms with Gasteiger partial charge in [-0.15, -0.1) is 0 Å². The van der Waals surface area contributed by atoms with Crippen LogP contribution in [0.25, 0.3) is 0 Å². The summed E-state index contributed by atoms with van der Waals surface area (Å²) < 4.78 is 38.9. The average Bonchev–Trinajstić information content (AvgIpc) is 3.23. The summed E-state index contributed by atoms with van der Waals surface area (Å²) in [5.41, 5.74) is 3.50. The maximum atomic E-state index is 12.5. The second kappa shape index (κ2) is 10.3. The minimum absolute atomic E-state index is 0.000936. The van der Waals surface area contributed by atoms with Crippen LogP contribution >= 0.6 is 0 Å². The molecule has 1 aliphatic rings. The second-order valence-electron chi connectivity index (χ2n) is 7.89. The van der Waals surface area contributed by atoms with Gasteiger partial charge in [0, 0.05) is 19.6 Å². The molecule has 0 aromatic heterocycles. The Labute approximate surface area is 184 Å². The van der Waals surface area contributed by atoms with E-state index in [1.807, 2.05) is 32.9 Å². The number of amides is 1. The molecule has 1 atom stereocenters. The zero-order valence-corrected chi connectivity index (χ0v) is 19.1. The van der Waals surface area contributed by atoms with Crippen molar-refractivity contribution in [3.8, 4) is 5.75 Å². The van der Waals surface area contributed by atoms with Crippen molar-refractivity contribution in [2.45, 2.75) is 51.0 Å². The first kappa shape index (κ1) is 23.2. The van der Waals surface area contributed by atoms with Crippen LogP contribution in [0.2, 0.25) is 0 Å². The molecule has 0 bridgehead atoms. The number of carbonyl (C=O) groups is 1. The highest BCUT2D eigenvalue weighted by Gasteiger charge is 2.18. The minimum Gasteiger partial charge on any atom is -0.489 e. The molecule has 168 valence electrons. The molecule has 0 saturated carbocycles. The van der Waals surface area contributed by atoms with Gasteiger partial charge in [-0.25, -0.2) is 13.1 Å². The standard InChI is InChI=1S/C23H30N2O5S/c1-16-6-9-21(22(13-16)30-15-19-5-4-12-29-19)25-23(26)10-11-24-31(27,28)20-8-7-17(2)18(3)14-20/h6-9,13-14,19,24H,4-5,10-12,15H2,1-3H3,(H,25,26). The third-order valence-corrected chi connectivity index (χ3v) is 6.75. The van der Waals surface area contributed by atoms with E-state index in [9.17, 15) is 13.2 Å². The van der Waals surface area contributed by atoms with Gasteiger partial charge in [-0.2, -0.15) is 0 Å². The molecule has 1 heterocycles. The van der Waals surface area contributed by atoms with Gasteiger partial charge in [0.15, 0.2) is 0 Å². The number of benzene rings is 2. The van der Waals surface area contributed by atoms with Gasteiger partial charge in [-0.1, -0.05) is 12.1 Å². The number of rotatable bonds is 9. The molecule has 0 aliphatic carbocycles. The number of hydrogen-bond acceptors (Lipinski definition) is 5. The molecule has 31 heavy (non-hydrogen) atoms. The molecule has 7 nitrogen and oxygen atoms in total. The summed E-state index contributed by atoms with van der Waals surface area (Å²) in [5.74, 6) is 0.285. The highest BCUT2D eigenvalue weighted by molar-refractivity contribution is 7.89. The molecule has 3 rings (SSSR count). The predicted octanol–water partition coefficient (Wildman–Crippen LogP) is 3.48. The summed E-state index contributed by atoms with van der Waals surface area (Å²) in [5, 5.41) is 2.82. The van der Waals surface area contributed by atoms with Gasteiger partial charge in [0.05, 0.1) is 16.7 Å². The summed E-state index contributed by atoms with van der Waals surface area (Å²) in [4.78, 5) is 12.6. The van der Waals surface area contributed by atoms with Crippen molar-refractivity contribution in [1.29, 1.82) is 0 Å². The number of hydrogen-bond donors (Lipinski definition) is 2. The lowest BCUT2D eigenvalue weighted by atomic mass is 10.1. The molecule has 2 aromatic rings. The van der Waals surface area contributed by atoms with Gasteiger partial charge in [0.25, 0.3) is 0 Å². The van der Waals surface area contributed by atoms with Gasteiger partial charge in [-0.05, 0) is 74.6 Å². The Morgan fingerprint density at radius 2 is 1.94 bits per heavy atom. The fourth-order valence-electron chi connectivity index (χ4n) is 3.29. The molecule has 1 amide bonds. The normalized spacial score (nSPS) is 16.3. The van der Waals surface area contributed by atoms with Crippen LogP contribution in [-0.4, -0.2) is 40.2 Å². The Kier molecular flexibility index (Phi) is 7.69. The summed E-state index contributed by atoms with van der Waals surface area (Å²) in [6.07, 6.45) is 2.07. The topological polar surface area (TPSA) is 93.7 Å². The highest BCUT2D eigenvalue weighted by Crippen LogP contribution is 2.27. The highest BCUT2D eigenvalue weighted by atomic mass is 32.2. The van der Waals surface area contributed by atoms with E-state index < -0.39 is 10.0 Å². The van der Waals surface area contributed by atoms with Crippen molar-refractivity contribution in [2.75, 3.05) is 25.1 Å². The van der Waals surface area contributed by atoms with E-state index in [0.717, 1.165) is 36.1 Å². The fraction of sp³-hybridized carbons (Fsp3) is 0.435. The molecule has 0 radical (unpaired) electrons. The quantitative estimate of drug-likeness (QED) is 0.615. The van der Waals surface area contributed by atoms with Crippen LogP contribution in [0.4, 0.5) is 5.69 Å². The zero-order valence-electron chi connectivity index (χ0n) is 18.2. The molecule has 1 aliphatic heterocycles. The molecule has 2 N–H and O–H groups in total. The number of sulfonamides is 1. The lowest BCUT2D eigenvalue weighted by Gasteiger charge is -2.16.